The zero-order valence-corrected chi connectivity index (χ0v) is 10.5. The SMILES string of the molecule is CC(C)CC1CCCC(C(C)C)OC1=O. The lowest BCUT2D eigenvalue weighted by Gasteiger charge is -2.20. The van der Waals surface area contributed by atoms with Gasteiger partial charge in [-0.25, -0.2) is 0 Å². The van der Waals surface area contributed by atoms with Crippen LogP contribution in [0.4, 0.5) is 0 Å². The van der Waals surface area contributed by atoms with E-state index in [9.17, 15) is 4.79 Å². The Labute approximate surface area is 93.4 Å². The van der Waals surface area contributed by atoms with Gasteiger partial charge in [0.05, 0.1) is 5.92 Å². The largest absolute Gasteiger partial charge is 0.462 e. The summed E-state index contributed by atoms with van der Waals surface area (Å²) in [7, 11) is 0. The van der Waals surface area contributed by atoms with Crippen molar-refractivity contribution in [3.05, 3.63) is 0 Å². The van der Waals surface area contributed by atoms with Gasteiger partial charge in [-0.3, -0.25) is 4.79 Å². The minimum atomic E-state index is 0.0416. The van der Waals surface area contributed by atoms with Crippen molar-refractivity contribution in [1.29, 1.82) is 0 Å². The highest BCUT2D eigenvalue weighted by Crippen LogP contribution is 2.27. The van der Waals surface area contributed by atoms with Gasteiger partial charge in [-0.05, 0) is 37.5 Å². The average molecular weight is 212 g/mol. The van der Waals surface area contributed by atoms with E-state index >= 15 is 0 Å². The van der Waals surface area contributed by atoms with E-state index in [4.69, 9.17) is 4.74 Å². The van der Waals surface area contributed by atoms with E-state index in [1.807, 2.05) is 0 Å². The lowest BCUT2D eigenvalue weighted by Crippen LogP contribution is -2.25. The van der Waals surface area contributed by atoms with Gasteiger partial charge in [0.25, 0.3) is 0 Å². The standard InChI is InChI=1S/C13H24O2/c1-9(2)8-11-6-5-7-12(10(3)4)15-13(11)14/h9-12H,5-8H2,1-4H3. The molecule has 0 aliphatic carbocycles. The van der Waals surface area contributed by atoms with E-state index in [0.29, 0.717) is 11.8 Å². The molecule has 1 saturated heterocycles. The number of rotatable bonds is 3. The Morgan fingerprint density at radius 1 is 1.27 bits per heavy atom. The maximum atomic E-state index is 11.8. The lowest BCUT2D eigenvalue weighted by atomic mass is 9.92. The summed E-state index contributed by atoms with van der Waals surface area (Å²) in [6.07, 6.45) is 4.31. The van der Waals surface area contributed by atoms with E-state index in [-0.39, 0.29) is 18.0 Å². The van der Waals surface area contributed by atoms with Gasteiger partial charge < -0.3 is 4.74 Å². The molecule has 2 unspecified atom stereocenters. The first-order valence-corrected chi connectivity index (χ1v) is 6.21. The van der Waals surface area contributed by atoms with Gasteiger partial charge >= 0.3 is 5.97 Å². The predicted octanol–water partition coefficient (Wildman–Crippen LogP) is 3.40. The second-order valence-electron chi connectivity index (χ2n) is 5.48. The summed E-state index contributed by atoms with van der Waals surface area (Å²) in [6, 6.07) is 0. The molecule has 0 aromatic heterocycles. The molecule has 88 valence electrons. The van der Waals surface area contributed by atoms with Crippen LogP contribution < -0.4 is 0 Å². The fourth-order valence-corrected chi connectivity index (χ4v) is 2.24. The van der Waals surface area contributed by atoms with Crippen LogP contribution in [0.15, 0.2) is 0 Å². The number of ether oxygens (including phenoxy) is 1. The maximum Gasteiger partial charge on any atom is 0.309 e. The third-order valence-corrected chi connectivity index (χ3v) is 3.14. The van der Waals surface area contributed by atoms with Crippen molar-refractivity contribution in [3.8, 4) is 0 Å². The molecule has 0 amide bonds. The zero-order chi connectivity index (χ0) is 11.4. The van der Waals surface area contributed by atoms with Crippen molar-refractivity contribution in [1.82, 2.24) is 0 Å². The molecule has 0 radical (unpaired) electrons. The molecule has 1 fully saturated rings. The third kappa shape index (κ3) is 3.84. The summed E-state index contributed by atoms with van der Waals surface area (Å²) < 4.78 is 5.55. The van der Waals surface area contributed by atoms with Gasteiger partial charge in [-0.2, -0.15) is 0 Å². The molecule has 0 bridgehead atoms. The Kier molecular flexibility index (Phi) is 4.62. The minimum absolute atomic E-state index is 0.0416. The molecule has 15 heavy (non-hydrogen) atoms. The van der Waals surface area contributed by atoms with Crippen molar-refractivity contribution in [3.63, 3.8) is 0 Å². The molecule has 1 heterocycles. The van der Waals surface area contributed by atoms with Crippen molar-refractivity contribution in [2.75, 3.05) is 0 Å². The van der Waals surface area contributed by atoms with Crippen molar-refractivity contribution < 1.29 is 9.53 Å². The molecular formula is C13H24O2. The van der Waals surface area contributed by atoms with E-state index in [1.54, 1.807) is 0 Å². The second kappa shape index (κ2) is 5.53. The van der Waals surface area contributed by atoms with Crippen LogP contribution in [0.3, 0.4) is 0 Å². The quantitative estimate of drug-likeness (QED) is 0.670. The van der Waals surface area contributed by atoms with Gasteiger partial charge in [-0.1, -0.05) is 27.7 Å². The smallest absolute Gasteiger partial charge is 0.309 e. The maximum absolute atomic E-state index is 11.8. The summed E-state index contributed by atoms with van der Waals surface area (Å²) in [6.45, 7) is 8.58. The normalized spacial score (nSPS) is 28.0. The highest BCUT2D eigenvalue weighted by molar-refractivity contribution is 5.72. The number of carbonyl (C=O) groups is 1. The first kappa shape index (κ1) is 12.5. The monoisotopic (exact) mass is 212 g/mol. The van der Waals surface area contributed by atoms with Crippen LogP contribution >= 0.6 is 0 Å². The molecule has 0 spiro atoms. The van der Waals surface area contributed by atoms with E-state index < -0.39 is 0 Å². The number of carbonyl (C=O) groups excluding carboxylic acids is 1. The third-order valence-electron chi connectivity index (χ3n) is 3.14. The van der Waals surface area contributed by atoms with Crippen LogP contribution in [-0.2, 0) is 9.53 Å². The van der Waals surface area contributed by atoms with Crippen molar-refractivity contribution in [2.24, 2.45) is 17.8 Å². The topological polar surface area (TPSA) is 26.3 Å². The highest BCUT2D eigenvalue weighted by Gasteiger charge is 2.29. The van der Waals surface area contributed by atoms with Crippen molar-refractivity contribution >= 4 is 5.97 Å². The van der Waals surface area contributed by atoms with Gasteiger partial charge in [0.15, 0.2) is 0 Å². The number of hydrogen-bond acceptors (Lipinski definition) is 2. The molecule has 2 atom stereocenters. The van der Waals surface area contributed by atoms with Crippen LogP contribution in [0, 0.1) is 17.8 Å². The molecule has 0 saturated carbocycles. The molecule has 0 aromatic carbocycles. The molecule has 0 N–H and O–H groups in total. The Bertz CT molecular complexity index is 209. The van der Waals surface area contributed by atoms with Crippen molar-refractivity contribution in [2.45, 2.75) is 59.5 Å². The fraction of sp³-hybridized carbons (Fsp3) is 0.923. The number of cyclic esters (lactones) is 1. The Morgan fingerprint density at radius 3 is 2.47 bits per heavy atom. The molecule has 2 heteroatoms. The number of esters is 1. The molecule has 1 rings (SSSR count). The molecule has 1 aliphatic rings. The van der Waals surface area contributed by atoms with E-state index in [1.165, 1.54) is 0 Å². The van der Waals surface area contributed by atoms with E-state index in [2.05, 4.69) is 27.7 Å². The van der Waals surface area contributed by atoms with E-state index in [0.717, 1.165) is 25.7 Å². The summed E-state index contributed by atoms with van der Waals surface area (Å²) in [5.41, 5.74) is 0. The van der Waals surface area contributed by atoms with Crippen LogP contribution in [0.5, 0.6) is 0 Å². The van der Waals surface area contributed by atoms with Gasteiger partial charge in [0, 0.05) is 0 Å². The Balaban J connectivity index is 2.54. The predicted molar refractivity (Wildman–Crippen MR) is 61.5 cm³/mol. The van der Waals surface area contributed by atoms with Gasteiger partial charge in [0.2, 0.25) is 0 Å². The average Bonchev–Trinajstić information content (AvgIpc) is 2.28. The molecule has 2 nitrogen and oxygen atoms in total. The Morgan fingerprint density at radius 2 is 1.93 bits per heavy atom. The highest BCUT2D eigenvalue weighted by atomic mass is 16.5. The summed E-state index contributed by atoms with van der Waals surface area (Å²) in [5, 5.41) is 0. The summed E-state index contributed by atoms with van der Waals surface area (Å²) in [5.74, 6) is 1.22. The number of hydrogen-bond donors (Lipinski definition) is 0. The first-order chi connectivity index (χ1) is 7.00. The van der Waals surface area contributed by atoms with Gasteiger partial charge in [0.1, 0.15) is 6.10 Å². The fourth-order valence-electron chi connectivity index (χ4n) is 2.24. The Hall–Kier alpha value is -0.530. The van der Waals surface area contributed by atoms with Crippen LogP contribution in [0.25, 0.3) is 0 Å². The summed E-state index contributed by atoms with van der Waals surface area (Å²) >= 11 is 0. The minimum Gasteiger partial charge on any atom is -0.462 e. The van der Waals surface area contributed by atoms with Crippen LogP contribution in [0.2, 0.25) is 0 Å². The zero-order valence-electron chi connectivity index (χ0n) is 10.5. The lowest BCUT2D eigenvalue weighted by molar-refractivity contribution is -0.155. The first-order valence-electron chi connectivity index (χ1n) is 6.21. The molecule has 0 aromatic rings. The van der Waals surface area contributed by atoms with Crippen LogP contribution in [-0.4, -0.2) is 12.1 Å². The van der Waals surface area contributed by atoms with Gasteiger partial charge in [-0.15, -0.1) is 0 Å². The van der Waals surface area contributed by atoms with Crippen LogP contribution in [0.1, 0.15) is 53.4 Å². The second-order valence-corrected chi connectivity index (χ2v) is 5.48. The molecule has 1 aliphatic heterocycles. The summed E-state index contributed by atoms with van der Waals surface area (Å²) in [4.78, 5) is 11.8. The molecular weight excluding hydrogens is 188 g/mol.